The largest absolute Gasteiger partial charge is 0.326 e. The van der Waals surface area contributed by atoms with Gasteiger partial charge < -0.3 is 10.6 Å². The van der Waals surface area contributed by atoms with E-state index in [-0.39, 0.29) is 5.91 Å². The minimum Gasteiger partial charge on any atom is -0.326 e. The highest BCUT2D eigenvalue weighted by molar-refractivity contribution is 5.88. The molecule has 0 aromatic heterocycles. The van der Waals surface area contributed by atoms with Gasteiger partial charge in [-0.1, -0.05) is 26.0 Å². The second kappa shape index (κ2) is 5.74. The second-order valence-corrected chi connectivity index (χ2v) is 6.36. The predicted octanol–water partition coefficient (Wildman–Crippen LogP) is 3.31. The van der Waals surface area contributed by atoms with Crippen molar-refractivity contribution in [1.29, 1.82) is 0 Å². The monoisotopic (exact) mass is 260 g/mol. The van der Waals surface area contributed by atoms with Gasteiger partial charge in [0, 0.05) is 25.2 Å². The van der Waals surface area contributed by atoms with Crippen LogP contribution in [0.4, 0.5) is 5.69 Å². The number of benzene rings is 1. The Hall–Kier alpha value is -1.35. The van der Waals surface area contributed by atoms with E-state index in [1.807, 2.05) is 12.1 Å². The van der Waals surface area contributed by atoms with E-state index in [0.717, 1.165) is 12.2 Å². The van der Waals surface area contributed by atoms with E-state index >= 15 is 0 Å². The van der Waals surface area contributed by atoms with Gasteiger partial charge >= 0.3 is 0 Å². The lowest BCUT2D eigenvalue weighted by atomic mass is 9.92. The second-order valence-electron chi connectivity index (χ2n) is 6.36. The zero-order valence-corrected chi connectivity index (χ0v) is 12.1. The number of anilines is 1. The summed E-state index contributed by atoms with van der Waals surface area (Å²) >= 11 is 0. The molecule has 1 fully saturated rings. The maximum absolute atomic E-state index is 10.9. The van der Waals surface area contributed by atoms with Gasteiger partial charge in [0.2, 0.25) is 5.91 Å². The lowest BCUT2D eigenvalue weighted by Gasteiger charge is -2.18. The van der Waals surface area contributed by atoms with Crippen LogP contribution in [0.1, 0.15) is 45.6 Å². The van der Waals surface area contributed by atoms with Crippen molar-refractivity contribution in [1.82, 2.24) is 5.32 Å². The zero-order chi connectivity index (χ0) is 13.9. The number of amides is 1. The van der Waals surface area contributed by atoms with Crippen LogP contribution in [0.3, 0.4) is 0 Å². The third kappa shape index (κ3) is 4.35. The Morgan fingerprint density at radius 3 is 2.53 bits per heavy atom. The summed E-state index contributed by atoms with van der Waals surface area (Å²) in [5, 5.41) is 6.41. The van der Waals surface area contributed by atoms with E-state index in [9.17, 15) is 4.79 Å². The molecule has 0 spiro atoms. The summed E-state index contributed by atoms with van der Waals surface area (Å²) in [4.78, 5) is 10.9. The Kier molecular flexibility index (Phi) is 4.25. The quantitative estimate of drug-likeness (QED) is 0.872. The molecule has 0 aliphatic heterocycles. The topological polar surface area (TPSA) is 41.1 Å². The Morgan fingerprint density at radius 1 is 1.32 bits per heavy atom. The van der Waals surface area contributed by atoms with Crippen molar-refractivity contribution >= 4 is 11.6 Å². The number of hydrogen-bond donors (Lipinski definition) is 2. The summed E-state index contributed by atoms with van der Waals surface area (Å²) < 4.78 is 0. The van der Waals surface area contributed by atoms with Gasteiger partial charge in [-0.25, -0.2) is 0 Å². The van der Waals surface area contributed by atoms with Crippen molar-refractivity contribution in [2.45, 2.75) is 52.6 Å². The number of carbonyl (C=O) groups is 1. The number of nitrogens with one attached hydrogen (secondary N) is 2. The minimum atomic E-state index is -0.0286. The Labute approximate surface area is 115 Å². The molecule has 3 nitrogen and oxygen atoms in total. The van der Waals surface area contributed by atoms with Crippen LogP contribution in [0, 0.1) is 5.41 Å². The van der Waals surface area contributed by atoms with Gasteiger partial charge in [-0.05, 0) is 42.4 Å². The van der Waals surface area contributed by atoms with Crippen LogP contribution in [0.5, 0.6) is 0 Å². The molecule has 3 heteroatoms. The van der Waals surface area contributed by atoms with Crippen molar-refractivity contribution in [3.8, 4) is 0 Å². The molecule has 2 rings (SSSR count). The molecule has 1 aliphatic rings. The summed E-state index contributed by atoms with van der Waals surface area (Å²) in [5.74, 6) is -0.0286. The molecule has 1 unspecified atom stereocenters. The summed E-state index contributed by atoms with van der Waals surface area (Å²) in [6, 6.07) is 8.69. The lowest BCUT2D eigenvalue weighted by molar-refractivity contribution is -0.114. The SMILES string of the molecule is CC(=O)Nc1ccc(CNC2CCC(C)(C)C2)cc1. The fourth-order valence-corrected chi connectivity index (χ4v) is 2.78. The first-order valence-electron chi connectivity index (χ1n) is 7.04. The molecule has 19 heavy (non-hydrogen) atoms. The first kappa shape index (κ1) is 14.1. The molecule has 104 valence electrons. The molecule has 0 heterocycles. The predicted molar refractivity (Wildman–Crippen MR) is 79.0 cm³/mol. The van der Waals surface area contributed by atoms with E-state index in [2.05, 4.69) is 36.6 Å². The number of hydrogen-bond acceptors (Lipinski definition) is 2. The minimum absolute atomic E-state index is 0.0286. The molecule has 0 radical (unpaired) electrons. The van der Waals surface area contributed by atoms with Gasteiger partial charge in [0.05, 0.1) is 0 Å². The number of carbonyl (C=O) groups excluding carboxylic acids is 1. The summed E-state index contributed by atoms with van der Waals surface area (Å²) in [5.41, 5.74) is 2.62. The van der Waals surface area contributed by atoms with E-state index in [4.69, 9.17) is 0 Å². The van der Waals surface area contributed by atoms with Crippen LogP contribution >= 0.6 is 0 Å². The Balaban J connectivity index is 1.82. The van der Waals surface area contributed by atoms with Crippen LogP contribution < -0.4 is 10.6 Å². The van der Waals surface area contributed by atoms with E-state index in [1.165, 1.54) is 31.7 Å². The first-order valence-corrected chi connectivity index (χ1v) is 7.04. The van der Waals surface area contributed by atoms with Crippen molar-refractivity contribution < 1.29 is 4.79 Å². The Morgan fingerprint density at radius 2 is 2.00 bits per heavy atom. The van der Waals surface area contributed by atoms with Crippen LogP contribution in [0.15, 0.2) is 24.3 Å². The highest BCUT2D eigenvalue weighted by Crippen LogP contribution is 2.36. The third-order valence-corrected chi connectivity index (χ3v) is 3.84. The molecular weight excluding hydrogens is 236 g/mol. The van der Waals surface area contributed by atoms with Gasteiger partial charge in [-0.15, -0.1) is 0 Å². The molecule has 1 amide bonds. The van der Waals surface area contributed by atoms with Crippen LogP contribution in [-0.4, -0.2) is 11.9 Å². The van der Waals surface area contributed by atoms with Crippen LogP contribution in [0.25, 0.3) is 0 Å². The van der Waals surface area contributed by atoms with Crippen molar-refractivity contribution in [3.63, 3.8) is 0 Å². The van der Waals surface area contributed by atoms with Crippen LogP contribution in [-0.2, 0) is 11.3 Å². The van der Waals surface area contributed by atoms with Gasteiger partial charge in [0.15, 0.2) is 0 Å². The maximum Gasteiger partial charge on any atom is 0.221 e. The lowest BCUT2D eigenvalue weighted by Crippen LogP contribution is -2.26. The average Bonchev–Trinajstić information content (AvgIpc) is 2.67. The molecule has 1 aromatic rings. The number of rotatable bonds is 4. The van der Waals surface area contributed by atoms with Gasteiger partial charge in [0.25, 0.3) is 0 Å². The maximum atomic E-state index is 10.9. The average molecular weight is 260 g/mol. The zero-order valence-electron chi connectivity index (χ0n) is 12.1. The fraction of sp³-hybridized carbons (Fsp3) is 0.562. The summed E-state index contributed by atoms with van der Waals surface area (Å²) in [6.45, 7) is 7.12. The molecule has 2 N–H and O–H groups in total. The van der Waals surface area contributed by atoms with Crippen molar-refractivity contribution in [3.05, 3.63) is 29.8 Å². The third-order valence-electron chi connectivity index (χ3n) is 3.84. The van der Waals surface area contributed by atoms with Gasteiger partial charge in [-0.3, -0.25) is 4.79 Å². The molecule has 1 aliphatic carbocycles. The van der Waals surface area contributed by atoms with E-state index < -0.39 is 0 Å². The molecule has 0 bridgehead atoms. The van der Waals surface area contributed by atoms with Crippen molar-refractivity contribution in [2.24, 2.45) is 5.41 Å². The normalized spacial score (nSPS) is 21.3. The van der Waals surface area contributed by atoms with Crippen LogP contribution in [0.2, 0.25) is 0 Å². The molecule has 1 atom stereocenters. The molecule has 1 saturated carbocycles. The van der Waals surface area contributed by atoms with Gasteiger partial charge in [0.1, 0.15) is 0 Å². The Bertz CT molecular complexity index is 437. The highest BCUT2D eigenvalue weighted by Gasteiger charge is 2.30. The van der Waals surface area contributed by atoms with Crippen molar-refractivity contribution in [2.75, 3.05) is 5.32 Å². The fourth-order valence-electron chi connectivity index (χ4n) is 2.78. The molecular formula is C16H24N2O. The standard InChI is InChI=1S/C16H24N2O/c1-12(19)18-14-6-4-13(5-7-14)11-17-15-8-9-16(2,3)10-15/h4-7,15,17H,8-11H2,1-3H3,(H,18,19). The van der Waals surface area contributed by atoms with E-state index in [1.54, 1.807) is 0 Å². The summed E-state index contributed by atoms with van der Waals surface area (Å²) in [7, 11) is 0. The summed E-state index contributed by atoms with van der Waals surface area (Å²) in [6.07, 6.45) is 3.85. The molecule has 0 saturated heterocycles. The first-order chi connectivity index (χ1) is 8.94. The highest BCUT2D eigenvalue weighted by atomic mass is 16.1. The van der Waals surface area contributed by atoms with E-state index in [0.29, 0.717) is 11.5 Å². The van der Waals surface area contributed by atoms with Gasteiger partial charge in [-0.2, -0.15) is 0 Å². The molecule has 1 aromatic carbocycles. The smallest absolute Gasteiger partial charge is 0.221 e.